The summed E-state index contributed by atoms with van der Waals surface area (Å²) in [5, 5.41) is 14.7. The molecule has 0 saturated carbocycles. The number of halogens is 1. The van der Waals surface area contributed by atoms with Crippen LogP contribution in [-0.2, 0) is 37.8 Å². The summed E-state index contributed by atoms with van der Waals surface area (Å²) in [6.07, 6.45) is 0.873. The summed E-state index contributed by atoms with van der Waals surface area (Å²) >= 11 is 3.74. The number of benzene rings is 5. The molecule has 0 aromatic heterocycles. The zero-order chi connectivity index (χ0) is 45.5. The lowest BCUT2D eigenvalue weighted by Gasteiger charge is -2.39. The lowest BCUT2D eigenvalue weighted by Crippen LogP contribution is -2.55. The lowest BCUT2D eigenvalue weighted by atomic mass is 9.82. The summed E-state index contributed by atoms with van der Waals surface area (Å²) in [5.41, 5.74) is 3.02. The molecule has 4 aliphatic heterocycles. The van der Waals surface area contributed by atoms with E-state index in [1.165, 1.54) is 5.19 Å². The first-order valence-electron chi connectivity index (χ1n) is 22.7. The fraction of sp³-hybridized carbons (Fsp3) is 0.365. The first-order valence-corrected chi connectivity index (χ1v) is 26.6. The van der Waals surface area contributed by atoms with Gasteiger partial charge in [-0.25, -0.2) is 0 Å². The van der Waals surface area contributed by atoms with Crippen molar-refractivity contribution in [3.8, 4) is 5.75 Å². The maximum atomic E-state index is 15.7. The van der Waals surface area contributed by atoms with E-state index in [4.69, 9.17) is 9.47 Å². The van der Waals surface area contributed by atoms with E-state index < -0.39 is 25.3 Å². The first-order chi connectivity index (χ1) is 31.4. The molecule has 338 valence electrons. The Labute approximate surface area is 391 Å². The molecule has 0 radical (unpaired) electrons. The van der Waals surface area contributed by atoms with Gasteiger partial charge in [-0.3, -0.25) is 19.3 Å². The Kier molecular flexibility index (Phi) is 12.5. The molecular formula is C52H58BrN5O6Si. The standard InChI is InChI=1S/C52H58BrN5O6Si/c1-36-48(65(3,4)43-21-19-42(63-2)20-22-43)46(32-47(60)55(28-29-59)33-37-12-7-5-8-13-37)64-52(36)44-31-39(53)18-23-45(44)56(50(52)62)34-38-14-11-17-41(30-38)57-35-58(40-15-9-6-10-16-40)51(49(57)61)24-26-54-27-25-51/h5-23,30-31,36,46,48,54,59H,24-29,32-35H2,1-4H3/t36-,46+,48-,52+/m1/s1. The van der Waals surface area contributed by atoms with E-state index in [0.717, 1.165) is 57.1 Å². The molecule has 5 aromatic rings. The summed E-state index contributed by atoms with van der Waals surface area (Å²) in [4.78, 5) is 52.6. The van der Waals surface area contributed by atoms with Crippen LogP contribution in [0, 0.1) is 5.92 Å². The fourth-order valence-corrected chi connectivity index (χ4v) is 15.7. The van der Waals surface area contributed by atoms with Crippen molar-refractivity contribution in [2.45, 2.75) is 75.2 Å². The van der Waals surface area contributed by atoms with Gasteiger partial charge in [-0.1, -0.05) is 114 Å². The molecule has 3 amide bonds. The van der Waals surface area contributed by atoms with E-state index in [0.29, 0.717) is 26.1 Å². The molecule has 0 unspecified atom stereocenters. The number of methoxy groups -OCH3 is 1. The molecule has 13 heteroatoms. The van der Waals surface area contributed by atoms with Gasteiger partial charge >= 0.3 is 0 Å². The predicted octanol–water partition coefficient (Wildman–Crippen LogP) is 7.56. The minimum atomic E-state index is -2.56. The quantitative estimate of drug-likeness (QED) is 0.116. The smallest absolute Gasteiger partial charge is 0.264 e. The third-order valence-corrected chi connectivity index (χ3v) is 19.5. The van der Waals surface area contributed by atoms with Crippen molar-refractivity contribution in [3.05, 3.63) is 149 Å². The number of piperidine rings is 1. The van der Waals surface area contributed by atoms with Gasteiger partial charge in [0.25, 0.3) is 11.8 Å². The van der Waals surface area contributed by atoms with Gasteiger partial charge in [-0.2, -0.15) is 0 Å². The van der Waals surface area contributed by atoms with Crippen molar-refractivity contribution in [1.29, 1.82) is 0 Å². The van der Waals surface area contributed by atoms with Crippen LogP contribution in [0.15, 0.2) is 132 Å². The molecule has 0 aliphatic carbocycles. The van der Waals surface area contributed by atoms with Gasteiger partial charge < -0.3 is 34.6 Å². The van der Waals surface area contributed by atoms with Crippen LogP contribution in [0.2, 0.25) is 18.6 Å². The highest BCUT2D eigenvalue weighted by Crippen LogP contribution is 2.60. The molecule has 5 aromatic carbocycles. The van der Waals surface area contributed by atoms with Crippen molar-refractivity contribution in [3.63, 3.8) is 0 Å². The van der Waals surface area contributed by atoms with Crippen LogP contribution in [0.1, 0.15) is 42.9 Å². The Balaban J connectivity index is 1.06. The van der Waals surface area contributed by atoms with Crippen molar-refractivity contribution in [2.75, 3.05) is 54.7 Å². The number of aliphatic hydroxyl groups is 1. The molecule has 2 spiro atoms. The third-order valence-electron chi connectivity index (χ3n) is 14.6. The van der Waals surface area contributed by atoms with Crippen LogP contribution in [0.3, 0.4) is 0 Å². The van der Waals surface area contributed by atoms with E-state index in [-0.39, 0.29) is 55.3 Å². The molecule has 3 saturated heterocycles. The van der Waals surface area contributed by atoms with Crippen molar-refractivity contribution < 1.29 is 29.0 Å². The number of ether oxygens (including phenoxy) is 2. The summed E-state index contributed by atoms with van der Waals surface area (Å²) in [7, 11) is -0.906. The zero-order valence-electron chi connectivity index (χ0n) is 37.6. The van der Waals surface area contributed by atoms with Crippen LogP contribution < -0.4 is 29.9 Å². The number of anilines is 3. The summed E-state index contributed by atoms with van der Waals surface area (Å²) in [6, 6.07) is 42.2. The molecule has 11 nitrogen and oxygen atoms in total. The second kappa shape index (κ2) is 18.2. The second-order valence-electron chi connectivity index (χ2n) is 18.5. The Hall–Kier alpha value is -5.31. The summed E-state index contributed by atoms with van der Waals surface area (Å²) in [5.74, 6) is 0.227. The minimum absolute atomic E-state index is 0.0518. The van der Waals surface area contributed by atoms with Gasteiger partial charge in [0, 0.05) is 40.4 Å². The summed E-state index contributed by atoms with van der Waals surface area (Å²) in [6.45, 7) is 9.32. The van der Waals surface area contributed by atoms with Crippen LogP contribution >= 0.6 is 15.9 Å². The van der Waals surface area contributed by atoms with Crippen LogP contribution in [-0.4, -0.2) is 87.5 Å². The fourth-order valence-electron chi connectivity index (χ4n) is 11.3. The Morgan fingerprint density at radius 2 is 1.55 bits per heavy atom. The number of para-hydroxylation sites is 1. The molecule has 4 aliphatic rings. The molecule has 0 bridgehead atoms. The zero-order valence-corrected chi connectivity index (χ0v) is 40.2. The Morgan fingerprint density at radius 1 is 0.877 bits per heavy atom. The van der Waals surface area contributed by atoms with Crippen LogP contribution in [0.5, 0.6) is 5.75 Å². The number of hydrogen-bond donors (Lipinski definition) is 2. The number of carbonyl (C=O) groups is 3. The van der Waals surface area contributed by atoms with Crippen molar-refractivity contribution in [1.82, 2.24) is 10.2 Å². The van der Waals surface area contributed by atoms with Crippen molar-refractivity contribution >= 4 is 64.0 Å². The third kappa shape index (κ3) is 7.98. The van der Waals surface area contributed by atoms with Gasteiger partial charge in [0.1, 0.15) is 11.3 Å². The summed E-state index contributed by atoms with van der Waals surface area (Å²) < 4.78 is 13.7. The molecular weight excluding hydrogens is 899 g/mol. The highest BCUT2D eigenvalue weighted by atomic mass is 79.9. The lowest BCUT2D eigenvalue weighted by molar-refractivity contribution is -0.150. The number of nitrogens with one attached hydrogen (secondary N) is 1. The van der Waals surface area contributed by atoms with Gasteiger partial charge in [0.05, 0.1) is 53.2 Å². The largest absolute Gasteiger partial charge is 0.497 e. The topological polar surface area (TPSA) is 115 Å². The maximum absolute atomic E-state index is 15.7. The SMILES string of the molecule is COc1ccc([Si](C)(C)[C@H]2[C@H](CC(=O)N(CCO)Cc3ccccc3)O[C@@]3(C(=O)N(Cc4cccc(N5CN(c6ccccc6)C6(CCNCC6)C5=O)c4)c4ccc(Br)cc43)[C@@H]2C)cc1. The molecule has 9 rings (SSSR count). The monoisotopic (exact) mass is 955 g/mol. The molecule has 3 fully saturated rings. The van der Waals surface area contributed by atoms with Crippen LogP contribution in [0.25, 0.3) is 0 Å². The number of nitrogens with zero attached hydrogens (tertiary/aromatic N) is 4. The normalized spacial score (nSPS) is 22.6. The van der Waals surface area contributed by atoms with E-state index in [1.54, 1.807) is 12.0 Å². The first kappa shape index (κ1) is 44.9. The minimum Gasteiger partial charge on any atom is -0.497 e. The average molecular weight is 957 g/mol. The highest BCUT2D eigenvalue weighted by molar-refractivity contribution is 9.10. The number of fused-ring (bicyclic) bond motifs is 2. The molecule has 4 heterocycles. The molecule has 4 atom stereocenters. The van der Waals surface area contributed by atoms with E-state index in [2.05, 4.69) is 70.4 Å². The Bertz CT molecular complexity index is 2540. The van der Waals surface area contributed by atoms with Crippen molar-refractivity contribution in [2.24, 2.45) is 5.92 Å². The average Bonchev–Trinajstić information content (AvgIpc) is 3.86. The number of aliphatic hydroxyl groups excluding tert-OH is 1. The second-order valence-corrected chi connectivity index (χ2v) is 24.1. The number of amides is 3. The van der Waals surface area contributed by atoms with E-state index in [1.807, 2.05) is 113 Å². The van der Waals surface area contributed by atoms with E-state index in [9.17, 15) is 14.7 Å². The van der Waals surface area contributed by atoms with Gasteiger partial charge in [-0.05, 0) is 97.2 Å². The van der Waals surface area contributed by atoms with Gasteiger partial charge in [-0.15, -0.1) is 0 Å². The van der Waals surface area contributed by atoms with E-state index >= 15 is 4.79 Å². The maximum Gasteiger partial charge on any atom is 0.264 e. The molecule has 2 N–H and O–H groups in total. The Morgan fingerprint density at radius 3 is 2.25 bits per heavy atom. The van der Waals surface area contributed by atoms with Crippen LogP contribution in [0.4, 0.5) is 17.1 Å². The highest BCUT2D eigenvalue weighted by Gasteiger charge is 2.66. The molecule has 65 heavy (non-hydrogen) atoms. The predicted molar refractivity (Wildman–Crippen MR) is 261 cm³/mol. The number of rotatable bonds is 13. The number of carbonyl (C=O) groups excluding carboxylic acids is 3. The number of hydrogen-bond acceptors (Lipinski definition) is 8. The van der Waals surface area contributed by atoms with Gasteiger partial charge in [0.2, 0.25) is 5.91 Å². The van der Waals surface area contributed by atoms with Gasteiger partial charge in [0.15, 0.2) is 5.60 Å².